The highest BCUT2D eigenvalue weighted by molar-refractivity contribution is 7.99. The molecule has 0 radical (unpaired) electrons. The zero-order chi connectivity index (χ0) is 28.7. The van der Waals surface area contributed by atoms with Gasteiger partial charge in [-0.05, 0) is 49.1 Å². The number of hydrogen-bond donors (Lipinski definition) is 3. The Labute approximate surface area is 255 Å². The van der Waals surface area contributed by atoms with Crippen molar-refractivity contribution in [1.82, 2.24) is 29.9 Å². The van der Waals surface area contributed by atoms with Crippen molar-refractivity contribution < 1.29 is 0 Å². The van der Waals surface area contributed by atoms with E-state index in [1.54, 1.807) is 24.7 Å². The molecule has 0 amide bonds. The highest BCUT2D eigenvalue weighted by Crippen LogP contribution is 2.36. The van der Waals surface area contributed by atoms with Crippen molar-refractivity contribution >= 4 is 75.8 Å². The fraction of sp³-hybridized carbons (Fsp3) is 0.280. The first-order chi connectivity index (χ1) is 19.2. The van der Waals surface area contributed by atoms with E-state index < -0.39 is 0 Å². The van der Waals surface area contributed by atoms with Crippen molar-refractivity contribution in [3.8, 4) is 0 Å². The molecule has 210 valence electrons. The molecule has 1 fully saturated rings. The molecule has 1 aliphatic rings. The minimum absolute atomic E-state index is 0.225. The van der Waals surface area contributed by atoms with Crippen molar-refractivity contribution in [3.05, 3.63) is 64.5 Å². The van der Waals surface area contributed by atoms with Crippen LogP contribution >= 0.6 is 58.3 Å². The number of aromatic nitrogens is 6. The van der Waals surface area contributed by atoms with Gasteiger partial charge < -0.3 is 22.1 Å². The number of nitrogens with zero attached hydrogens (tertiary/aromatic N) is 7. The van der Waals surface area contributed by atoms with Crippen molar-refractivity contribution in [3.63, 3.8) is 0 Å². The van der Waals surface area contributed by atoms with Gasteiger partial charge in [-0.2, -0.15) is 0 Å². The fourth-order valence-electron chi connectivity index (χ4n) is 3.64. The maximum absolute atomic E-state index is 6.10. The Hall–Kier alpha value is -2.61. The summed E-state index contributed by atoms with van der Waals surface area (Å²) < 4.78 is 0. The molecule has 0 spiro atoms. The molecular formula is C25H27Cl3N10S2. The van der Waals surface area contributed by atoms with Gasteiger partial charge in [0.1, 0.15) is 31.3 Å². The van der Waals surface area contributed by atoms with Crippen LogP contribution in [0, 0.1) is 5.41 Å². The molecule has 0 saturated carbocycles. The van der Waals surface area contributed by atoms with Crippen LogP contribution in [0.1, 0.15) is 19.8 Å². The molecule has 0 aromatic carbocycles. The average molecular weight is 638 g/mol. The van der Waals surface area contributed by atoms with E-state index in [1.165, 1.54) is 29.7 Å². The van der Waals surface area contributed by atoms with Crippen molar-refractivity contribution in [2.45, 2.75) is 39.6 Å². The summed E-state index contributed by atoms with van der Waals surface area (Å²) in [7, 11) is 0. The SMILES string of the molecule is CC1(CN)CCN(c2cnc(Sc3cccnc3Cl)c(N)n2)CC1.Nc1nc(Cl)cnc1Sc1cccnc1Cl. The Kier molecular flexibility index (Phi) is 10.5. The number of hydrogen-bond acceptors (Lipinski definition) is 12. The maximum Gasteiger partial charge on any atom is 0.158 e. The van der Waals surface area contributed by atoms with Gasteiger partial charge in [0.15, 0.2) is 11.6 Å². The molecular weight excluding hydrogens is 611 g/mol. The van der Waals surface area contributed by atoms with E-state index in [9.17, 15) is 0 Å². The van der Waals surface area contributed by atoms with Crippen LogP contribution in [0.25, 0.3) is 0 Å². The van der Waals surface area contributed by atoms with Gasteiger partial charge in [0, 0.05) is 25.5 Å². The van der Waals surface area contributed by atoms with Gasteiger partial charge >= 0.3 is 0 Å². The second kappa shape index (κ2) is 13.8. The average Bonchev–Trinajstić information content (AvgIpc) is 2.94. The summed E-state index contributed by atoms with van der Waals surface area (Å²) in [5, 5.41) is 2.30. The molecule has 1 aliphatic heterocycles. The largest absolute Gasteiger partial charge is 0.381 e. The van der Waals surface area contributed by atoms with Crippen molar-refractivity contribution in [2.75, 3.05) is 36.0 Å². The van der Waals surface area contributed by atoms with E-state index >= 15 is 0 Å². The Morgan fingerprint density at radius 1 is 0.825 bits per heavy atom. The molecule has 4 aromatic heterocycles. The zero-order valence-electron chi connectivity index (χ0n) is 21.5. The number of nitrogen functional groups attached to an aromatic ring is 2. The highest BCUT2D eigenvalue weighted by atomic mass is 35.5. The number of anilines is 3. The first-order valence-corrected chi connectivity index (χ1v) is 14.9. The second-order valence-electron chi connectivity index (χ2n) is 9.09. The lowest BCUT2D eigenvalue weighted by atomic mass is 9.80. The lowest BCUT2D eigenvalue weighted by Gasteiger charge is -2.39. The minimum Gasteiger partial charge on any atom is -0.381 e. The number of piperidine rings is 1. The van der Waals surface area contributed by atoms with Crippen LogP contribution in [0.3, 0.4) is 0 Å². The standard InChI is InChI=1S/C16H21ClN6S.C9H6Cl2N4S/c1-16(10-18)4-7-23(8-5-16)12-9-21-15(14(19)22-12)24-11-3-2-6-20-13(11)17;10-6-4-14-9(8(12)15-6)16-5-2-1-3-13-7(5)11/h2-3,6,9H,4-5,7-8,10,18H2,1H3,(H2,19,22);1-4H,(H2,12,15). The van der Waals surface area contributed by atoms with Crippen molar-refractivity contribution in [1.29, 1.82) is 0 Å². The predicted molar refractivity (Wildman–Crippen MR) is 163 cm³/mol. The van der Waals surface area contributed by atoms with Gasteiger partial charge in [-0.25, -0.2) is 29.9 Å². The van der Waals surface area contributed by atoms with Crippen LogP contribution in [-0.2, 0) is 0 Å². The summed E-state index contributed by atoms with van der Waals surface area (Å²) in [6, 6.07) is 7.32. The van der Waals surface area contributed by atoms with Gasteiger partial charge in [0.05, 0.1) is 22.2 Å². The first kappa shape index (κ1) is 30.4. The van der Waals surface area contributed by atoms with Crippen LogP contribution < -0.4 is 22.1 Å². The van der Waals surface area contributed by atoms with E-state index in [-0.39, 0.29) is 16.4 Å². The molecule has 6 N–H and O–H groups in total. The first-order valence-electron chi connectivity index (χ1n) is 12.1. The Morgan fingerprint density at radius 3 is 1.82 bits per heavy atom. The Morgan fingerprint density at radius 2 is 1.35 bits per heavy atom. The van der Waals surface area contributed by atoms with Crippen LogP contribution in [0.4, 0.5) is 17.5 Å². The molecule has 5 heterocycles. The monoisotopic (exact) mass is 636 g/mol. The van der Waals surface area contributed by atoms with E-state index in [2.05, 4.69) is 41.7 Å². The third kappa shape index (κ3) is 7.99. The second-order valence-corrected chi connectivity index (χ2v) is 12.3. The lowest BCUT2D eigenvalue weighted by molar-refractivity contribution is 0.258. The molecule has 10 nitrogen and oxygen atoms in total. The number of pyridine rings is 2. The van der Waals surface area contributed by atoms with E-state index in [4.69, 9.17) is 52.0 Å². The minimum atomic E-state index is 0.225. The molecule has 15 heteroatoms. The molecule has 4 aromatic rings. The molecule has 5 rings (SSSR count). The molecule has 1 saturated heterocycles. The quantitative estimate of drug-likeness (QED) is 0.221. The predicted octanol–water partition coefficient (Wildman–Crippen LogP) is 5.74. The summed E-state index contributed by atoms with van der Waals surface area (Å²) in [6.45, 7) is 4.79. The van der Waals surface area contributed by atoms with Gasteiger partial charge in [-0.1, -0.05) is 65.3 Å². The topological polar surface area (TPSA) is 159 Å². The Bertz CT molecular complexity index is 1450. The maximum atomic E-state index is 6.10. The molecule has 40 heavy (non-hydrogen) atoms. The molecule has 0 atom stereocenters. The van der Waals surface area contributed by atoms with Gasteiger partial charge in [-0.15, -0.1) is 0 Å². The van der Waals surface area contributed by atoms with Crippen LogP contribution in [0.2, 0.25) is 15.5 Å². The Balaban J connectivity index is 0.000000201. The normalized spacial score (nSPS) is 14.4. The van der Waals surface area contributed by atoms with Crippen LogP contribution in [0.15, 0.2) is 68.9 Å². The van der Waals surface area contributed by atoms with Gasteiger partial charge in [0.25, 0.3) is 0 Å². The van der Waals surface area contributed by atoms with Crippen molar-refractivity contribution in [2.24, 2.45) is 11.1 Å². The zero-order valence-corrected chi connectivity index (χ0v) is 25.4. The lowest BCUT2D eigenvalue weighted by Crippen LogP contribution is -2.42. The van der Waals surface area contributed by atoms with Gasteiger partial charge in [-0.3, -0.25) is 0 Å². The smallest absolute Gasteiger partial charge is 0.158 e. The highest BCUT2D eigenvalue weighted by Gasteiger charge is 2.29. The summed E-state index contributed by atoms with van der Waals surface area (Å²) in [5.74, 6) is 1.50. The summed E-state index contributed by atoms with van der Waals surface area (Å²) in [4.78, 5) is 28.8. The molecule has 0 unspecified atom stereocenters. The molecule has 0 bridgehead atoms. The van der Waals surface area contributed by atoms with E-state index in [0.29, 0.717) is 26.2 Å². The van der Waals surface area contributed by atoms with Crippen LogP contribution in [-0.4, -0.2) is 49.5 Å². The summed E-state index contributed by atoms with van der Waals surface area (Å²) in [6.07, 6.45) is 8.57. The molecule has 0 aliphatic carbocycles. The third-order valence-electron chi connectivity index (χ3n) is 6.14. The summed E-state index contributed by atoms with van der Waals surface area (Å²) >= 11 is 20.3. The number of nitrogens with two attached hydrogens (primary N) is 3. The van der Waals surface area contributed by atoms with E-state index in [0.717, 1.165) is 48.1 Å². The van der Waals surface area contributed by atoms with Gasteiger partial charge in [0.2, 0.25) is 0 Å². The fourth-order valence-corrected chi connectivity index (χ4v) is 5.75. The third-order valence-corrected chi connectivity index (χ3v) is 9.26. The van der Waals surface area contributed by atoms with E-state index in [1.807, 2.05) is 18.2 Å². The van der Waals surface area contributed by atoms with Crippen LogP contribution in [0.5, 0.6) is 0 Å². The summed E-state index contributed by atoms with van der Waals surface area (Å²) in [5.41, 5.74) is 17.9. The number of rotatable bonds is 6. The number of halogens is 3.